The van der Waals surface area contributed by atoms with E-state index in [1.54, 1.807) is 0 Å². The second-order valence-electron chi connectivity index (χ2n) is 10.9. The Morgan fingerprint density at radius 3 is 2.79 bits per heavy atom. The van der Waals surface area contributed by atoms with Gasteiger partial charge in [0.25, 0.3) is 5.91 Å². The summed E-state index contributed by atoms with van der Waals surface area (Å²) in [6, 6.07) is 15.8. The number of carbonyl (C=O) groups is 1. The monoisotopic (exact) mass is 445 g/mol. The molecular weight excluding hydrogens is 406 g/mol. The lowest BCUT2D eigenvalue weighted by Crippen LogP contribution is -2.55. The van der Waals surface area contributed by atoms with E-state index in [1.807, 2.05) is 18.2 Å². The zero-order chi connectivity index (χ0) is 22.9. The minimum Gasteiger partial charge on any atom is -0.346 e. The first-order valence-corrected chi connectivity index (χ1v) is 13.0. The molecule has 4 nitrogen and oxygen atoms in total. The first-order valence-electron chi connectivity index (χ1n) is 13.0. The standard InChI is InChI=1S/C29H39N3O/c1-19(2)14-21-15-23-11-13-32-18-24-10-7-12-30-26(24)17-27(32)28(23)25(16-21)29(33)31-20(3)22-8-5-4-6-9-22/h4-6,8-9,15-16,19-20,24,26-27,30H,7,10-14,17-18H2,1-3H3,(H,31,33)/t20-,24-,26+,27-/m1/s1. The molecule has 2 fully saturated rings. The van der Waals surface area contributed by atoms with Crippen molar-refractivity contribution >= 4 is 5.91 Å². The van der Waals surface area contributed by atoms with Crippen LogP contribution in [0.1, 0.15) is 84.7 Å². The summed E-state index contributed by atoms with van der Waals surface area (Å²) in [6.07, 6.45) is 5.82. The lowest BCUT2D eigenvalue weighted by atomic mass is 9.75. The molecule has 4 heteroatoms. The molecule has 3 heterocycles. The molecule has 4 atom stereocenters. The number of amides is 1. The summed E-state index contributed by atoms with van der Waals surface area (Å²) >= 11 is 0. The molecular formula is C29H39N3O. The molecule has 2 aromatic carbocycles. The van der Waals surface area contributed by atoms with Crippen molar-refractivity contribution < 1.29 is 4.79 Å². The molecule has 0 radical (unpaired) electrons. The zero-order valence-electron chi connectivity index (χ0n) is 20.4. The average molecular weight is 446 g/mol. The van der Waals surface area contributed by atoms with Gasteiger partial charge in [-0.2, -0.15) is 0 Å². The summed E-state index contributed by atoms with van der Waals surface area (Å²) in [5, 5.41) is 7.12. The highest BCUT2D eigenvalue weighted by atomic mass is 16.1. The number of hydrogen-bond donors (Lipinski definition) is 2. The summed E-state index contributed by atoms with van der Waals surface area (Å²) in [4.78, 5) is 16.4. The van der Waals surface area contributed by atoms with Gasteiger partial charge < -0.3 is 10.6 Å². The molecule has 3 aliphatic rings. The van der Waals surface area contributed by atoms with Gasteiger partial charge in [-0.25, -0.2) is 0 Å². The molecule has 0 aromatic heterocycles. The number of nitrogens with one attached hydrogen (secondary N) is 2. The summed E-state index contributed by atoms with van der Waals surface area (Å²) < 4.78 is 0. The molecule has 2 N–H and O–H groups in total. The van der Waals surface area contributed by atoms with Crippen molar-refractivity contribution in [2.45, 2.75) is 71.0 Å². The largest absolute Gasteiger partial charge is 0.346 e. The predicted octanol–water partition coefficient (Wildman–Crippen LogP) is 5.05. The molecule has 2 aromatic rings. The Kier molecular flexibility index (Phi) is 6.58. The number of fused-ring (bicyclic) bond motifs is 4. The molecule has 0 aliphatic carbocycles. The Labute approximate surface area is 199 Å². The smallest absolute Gasteiger partial charge is 0.252 e. The van der Waals surface area contributed by atoms with E-state index in [0.29, 0.717) is 18.0 Å². The third-order valence-electron chi connectivity index (χ3n) is 7.98. The van der Waals surface area contributed by atoms with Crippen LogP contribution in [0.4, 0.5) is 0 Å². The molecule has 3 aliphatic heterocycles. The van der Waals surface area contributed by atoms with Crippen molar-refractivity contribution in [1.29, 1.82) is 0 Å². The van der Waals surface area contributed by atoms with Crippen LogP contribution in [0, 0.1) is 11.8 Å². The number of nitrogens with zero attached hydrogens (tertiary/aromatic N) is 1. The van der Waals surface area contributed by atoms with Crippen LogP contribution in [0.5, 0.6) is 0 Å². The van der Waals surface area contributed by atoms with Crippen molar-refractivity contribution in [3.05, 3.63) is 70.3 Å². The van der Waals surface area contributed by atoms with Crippen LogP contribution >= 0.6 is 0 Å². The van der Waals surface area contributed by atoms with E-state index in [1.165, 1.54) is 29.5 Å². The maximum atomic E-state index is 13.8. The maximum Gasteiger partial charge on any atom is 0.252 e. The second kappa shape index (κ2) is 9.60. The fraction of sp³-hybridized carbons (Fsp3) is 0.552. The Morgan fingerprint density at radius 2 is 2.00 bits per heavy atom. The van der Waals surface area contributed by atoms with Gasteiger partial charge in [-0.15, -0.1) is 0 Å². The van der Waals surface area contributed by atoms with E-state index < -0.39 is 0 Å². The zero-order valence-corrected chi connectivity index (χ0v) is 20.4. The van der Waals surface area contributed by atoms with Gasteiger partial charge in [0.2, 0.25) is 0 Å². The SMILES string of the molecule is CC(C)Cc1cc2c(c(C(=O)N[C@H](C)c3ccccc3)c1)[C@H]1C[C@@H]3NCCC[C@@H]3CN1CC2. The number of benzene rings is 2. The van der Waals surface area contributed by atoms with E-state index >= 15 is 0 Å². The minimum absolute atomic E-state index is 0.0152. The highest BCUT2D eigenvalue weighted by molar-refractivity contribution is 5.97. The fourth-order valence-corrected chi connectivity index (χ4v) is 6.40. The lowest BCUT2D eigenvalue weighted by Gasteiger charge is -2.49. The number of hydrogen-bond acceptors (Lipinski definition) is 3. The Balaban J connectivity index is 1.49. The van der Waals surface area contributed by atoms with Crippen LogP contribution in [0.25, 0.3) is 0 Å². The third kappa shape index (κ3) is 4.74. The molecule has 2 saturated heterocycles. The van der Waals surface area contributed by atoms with Crippen LogP contribution in [0.2, 0.25) is 0 Å². The fourth-order valence-electron chi connectivity index (χ4n) is 6.40. The first kappa shape index (κ1) is 22.6. The van der Waals surface area contributed by atoms with Gasteiger partial charge in [-0.1, -0.05) is 50.2 Å². The van der Waals surface area contributed by atoms with E-state index in [4.69, 9.17) is 0 Å². The van der Waals surface area contributed by atoms with Crippen LogP contribution in [-0.2, 0) is 12.8 Å². The minimum atomic E-state index is -0.0152. The number of rotatable bonds is 5. The van der Waals surface area contributed by atoms with E-state index in [-0.39, 0.29) is 11.9 Å². The average Bonchev–Trinajstić information content (AvgIpc) is 2.82. The lowest BCUT2D eigenvalue weighted by molar-refractivity contribution is 0.0542. The van der Waals surface area contributed by atoms with Crippen molar-refractivity contribution in [2.75, 3.05) is 19.6 Å². The number of carbonyl (C=O) groups excluding carboxylic acids is 1. The molecule has 0 bridgehead atoms. The molecule has 1 amide bonds. The van der Waals surface area contributed by atoms with Gasteiger partial charge in [-0.05, 0) is 85.7 Å². The van der Waals surface area contributed by atoms with Gasteiger partial charge >= 0.3 is 0 Å². The van der Waals surface area contributed by atoms with Crippen molar-refractivity contribution in [3.63, 3.8) is 0 Å². The van der Waals surface area contributed by atoms with Gasteiger partial charge in [0.05, 0.1) is 6.04 Å². The van der Waals surface area contributed by atoms with Crippen molar-refractivity contribution in [1.82, 2.24) is 15.5 Å². The third-order valence-corrected chi connectivity index (χ3v) is 7.98. The normalized spacial score (nSPS) is 25.6. The summed E-state index contributed by atoms with van der Waals surface area (Å²) in [5.41, 5.74) is 6.07. The number of piperidine rings is 2. The molecule has 0 saturated carbocycles. The van der Waals surface area contributed by atoms with Crippen LogP contribution in [0.3, 0.4) is 0 Å². The molecule has 0 unspecified atom stereocenters. The molecule has 33 heavy (non-hydrogen) atoms. The van der Waals surface area contributed by atoms with Crippen LogP contribution in [0.15, 0.2) is 42.5 Å². The molecule has 0 spiro atoms. The summed E-state index contributed by atoms with van der Waals surface area (Å²) in [7, 11) is 0. The van der Waals surface area contributed by atoms with Gasteiger partial charge in [0.15, 0.2) is 0 Å². The van der Waals surface area contributed by atoms with Crippen LogP contribution < -0.4 is 10.6 Å². The van der Waals surface area contributed by atoms with Crippen molar-refractivity contribution in [2.24, 2.45) is 11.8 Å². The Hall–Kier alpha value is -2.17. The topological polar surface area (TPSA) is 44.4 Å². The maximum absolute atomic E-state index is 13.8. The predicted molar refractivity (Wildman–Crippen MR) is 134 cm³/mol. The second-order valence-corrected chi connectivity index (χ2v) is 10.9. The highest BCUT2D eigenvalue weighted by Crippen LogP contribution is 2.42. The quantitative estimate of drug-likeness (QED) is 0.677. The van der Waals surface area contributed by atoms with E-state index in [2.05, 4.69) is 60.6 Å². The molecule has 5 rings (SSSR count). The summed E-state index contributed by atoms with van der Waals surface area (Å²) in [5.74, 6) is 1.41. The Bertz CT molecular complexity index is 986. The summed E-state index contributed by atoms with van der Waals surface area (Å²) in [6.45, 7) is 10.0. The Morgan fingerprint density at radius 1 is 1.18 bits per heavy atom. The van der Waals surface area contributed by atoms with E-state index in [0.717, 1.165) is 55.9 Å². The van der Waals surface area contributed by atoms with Gasteiger partial charge in [0.1, 0.15) is 0 Å². The highest BCUT2D eigenvalue weighted by Gasteiger charge is 2.41. The van der Waals surface area contributed by atoms with Gasteiger partial charge in [-0.3, -0.25) is 9.69 Å². The van der Waals surface area contributed by atoms with E-state index in [9.17, 15) is 4.79 Å². The molecule has 176 valence electrons. The van der Waals surface area contributed by atoms with Gasteiger partial charge in [0, 0.05) is 30.7 Å². The first-order chi connectivity index (χ1) is 16.0. The van der Waals surface area contributed by atoms with Crippen molar-refractivity contribution in [3.8, 4) is 0 Å². The van der Waals surface area contributed by atoms with Crippen LogP contribution in [-0.4, -0.2) is 36.5 Å².